The summed E-state index contributed by atoms with van der Waals surface area (Å²) >= 11 is 0. The van der Waals surface area contributed by atoms with Crippen molar-refractivity contribution in [3.8, 4) is 0 Å². The number of rotatable bonds is 5. The molecule has 1 saturated heterocycles. The van der Waals surface area contributed by atoms with E-state index in [9.17, 15) is 9.59 Å². The van der Waals surface area contributed by atoms with Crippen LogP contribution in [0.5, 0.6) is 0 Å². The van der Waals surface area contributed by atoms with Gasteiger partial charge in [0.1, 0.15) is 0 Å². The Kier molecular flexibility index (Phi) is 4.55. The molecule has 1 fully saturated rings. The molecule has 19 heavy (non-hydrogen) atoms. The molecule has 0 aliphatic carbocycles. The van der Waals surface area contributed by atoms with Crippen molar-refractivity contribution in [2.24, 2.45) is 5.92 Å². The van der Waals surface area contributed by atoms with Crippen LogP contribution in [0.2, 0.25) is 0 Å². The Bertz CT molecular complexity index is 445. The molecule has 102 valence electrons. The van der Waals surface area contributed by atoms with E-state index in [1.807, 2.05) is 37.3 Å². The Morgan fingerprint density at radius 1 is 1.37 bits per heavy atom. The molecule has 2 rings (SSSR count). The molecule has 4 nitrogen and oxygen atoms in total. The summed E-state index contributed by atoms with van der Waals surface area (Å²) in [5.41, 5.74) is 1.10. The molecule has 1 heterocycles. The number of carbonyl (C=O) groups excluding carboxylic acids is 2. The summed E-state index contributed by atoms with van der Waals surface area (Å²) in [4.78, 5) is 25.5. The molecule has 1 unspecified atom stereocenters. The summed E-state index contributed by atoms with van der Waals surface area (Å²) in [6.45, 7) is 3.82. The highest BCUT2D eigenvalue weighted by atomic mass is 16.2. The van der Waals surface area contributed by atoms with Crippen molar-refractivity contribution >= 4 is 11.8 Å². The summed E-state index contributed by atoms with van der Waals surface area (Å²) in [5, 5.41) is 2.86. The van der Waals surface area contributed by atoms with Crippen LogP contribution in [0, 0.1) is 5.92 Å². The lowest BCUT2D eigenvalue weighted by Crippen LogP contribution is -2.33. The molecular weight excluding hydrogens is 240 g/mol. The Morgan fingerprint density at radius 3 is 2.79 bits per heavy atom. The first-order chi connectivity index (χ1) is 9.20. The second-order valence-corrected chi connectivity index (χ2v) is 4.95. The van der Waals surface area contributed by atoms with E-state index in [-0.39, 0.29) is 17.7 Å². The van der Waals surface area contributed by atoms with Crippen LogP contribution in [0.15, 0.2) is 30.3 Å². The lowest BCUT2D eigenvalue weighted by molar-refractivity contribution is -0.129. The maximum absolute atomic E-state index is 11.9. The lowest BCUT2D eigenvalue weighted by Gasteiger charge is -2.16. The van der Waals surface area contributed by atoms with Crippen LogP contribution in [0.1, 0.15) is 25.3 Å². The normalized spacial score (nSPS) is 18.7. The second-order valence-electron chi connectivity index (χ2n) is 4.95. The molecule has 1 aromatic rings. The van der Waals surface area contributed by atoms with Crippen molar-refractivity contribution in [2.45, 2.75) is 26.3 Å². The summed E-state index contributed by atoms with van der Waals surface area (Å²) in [6, 6.07) is 9.87. The molecule has 4 heteroatoms. The zero-order valence-corrected chi connectivity index (χ0v) is 11.3. The highest BCUT2D eigenvalue weighted by Gasteiger charge is 2.33. The smallest absolute Gasteiger partial charge is 0.225 e. The van der Waals surface area contributed by atoms with Crippen LogP contribution in [-0.4, -0.2) is 29.8 Å². The fraction of sp³-hybridized carbons (Fsp3) is 0.467. The molecule has 2 amide bonds. The monoisotopic (exact) mass is 260 g/mol. The largest absolute Gasteiger partial charge is 0.356 e. The van der Waals surface area contributed by atoms with Crippen LogP contribution in [0.3, 0.4) is 0 Å². The maximum Gasteiger partial charge on any atom is 0.225 e. The fourth-order valence-corrected chi connectivity index (χ4v) is 2.30. The van der Waals surface area contributed by atoms with Gasteiger partial charge in [-0.1, -0.05) is 37.3 Å². The first kappa shape index (κ1) is 13.6. The van der Waals surface area contributed by atoms with Gasteiger partial charge in [-0.3, -0.25) is 9.59 Å². The van der Waals surface area contributed by atoms with Gasteiger partial charge in [0.15, 0.2) is 0 Å². The van der Waals surface area contributed by atoms with E-state index >= 15 is 0 Å². The SMILES string of the molecule is CCCNC(=O)C1CC(=O)N(Cc2ccccc2)C1. The number of benzene rings is 1. The highest BCUT2D eigenvalue weighted by molar-refractivity contribution is 5.89. The van der Waals surface area contributed by atoms with Crippen LogP contribution < -0.4 is 5.32 Å². The Morgan fingerprint density at radius 2 is 2.11 bits per heavy atom. The van der Waals surface area contributed by atoms with E-state index < -0.39 is 0 Å². The van der Waals surface area contributed by atoms with Gasteiger partial charge in [-0.15, -0.1) is 0 Å². The Labute approximate surface area is 113 Å². The molecule has 0 radical (unpaired) electrons. The number of amides is 2. The van der Waals surface area contributed by atoms with Gasteiger partial charge in [0.05, 0.1) is 5.92 Å². The fourth-order valence-electron chi connectivity index (χ4n) is 2.30. The number of hydrogen-bond acceptors (Lipinski definition) is 2. The van der Waals surface area contributed by atoms with Gasteiger partial charge < -0.3 is 10.2 Å². The van der Waals surface area contributed by atoms with Gasteiger partial charge in [0.25, 0.3) is 0 Å². The standard InChI is InChI=1S/C15H20N2O2/c1-2-8-16-15(19)13-9-14(18)17(11-13)10-12-6-4-3-5-7-12/h3-7,13H,2,8-11H2,1H3,(H,16,19). The zero-order chi connectivity index (χ0) is 13.7. The maximum atomic E-state index is 11.9. The van der Waals surface area contributed by atoms with Gasteiger partial charge in [-0.2, -0.15) is 0 Å². The van der Waals surface area contributed by atoms with Crippen molar-refractivity contribution in [3.05, 3.63) is 35.9 Å². The topological polar surface area (TPSA) is 49.4 Å². The second kappa shape index (κ2) is 6.36. The Hall–Kier alpha value is -1.84. The van der Waals surface area contributed by atoms with Crippen molar-refractivity contribution in [1.29, 1.82) is 0 Å². The first-order valence-electron chi connectivity index (χ1n) is 6.80. The number of nitrogens with zero attached hydrogens (tertiary/aromatic N) is 1. The Balaban J connectivity index is 1.91. The highest BCUT2D eigenvalue weighted by Crippen LogP contribution is 2.20. The summed E-state index contributed by atoms with van der Waals surface area (Å²) in [7, 11) is 0. The predicted molar refractivity (Wildman–Crippen MR) is 73.3 cm³/mol. The minimum atomic E-state index is -0.192. The average molecular weight is 260 g/mol. The summed E-state index contributed by atoms with van der Waals surface area (Å²) < 4.78 is 0. The third-order valence-corrected chi connectivity index (χ3v) is 3.35. The van der Waals surface area contributed by atoms with Crippen molar-refractivity contribution in [2.75, 3.05) is 13.1 Å². The first-order valence-corrected chi connectivity index (χ1v) is 6.80. The van der Waals surface area contributed by atoms with Crippen LogP contribution >= 0.6 is 0 Å². The minimum Gasteiger partial charge on any atom is -0.356 e. The molecular formula is C15H20N2O2. The molecule has 1 aliphatic rings. The number of carbonyl (C=O) groups is 2. The third kappa shape index (κ3) is 3.56. The van der Waals surface area contributed by atoms with E-state index in [2.05, 4.69) is 5.32 Å². The van der Waals surface area contributed by atoms with E-state index in [0.29, 0.717) is 26.1 Å². The van der Waals surface area contributed by atoms with Crippen LogP contribution in [0.25, 0.3) is 0 Å². The third-order valence-electron chi connectivity index (χ3n) is 3.35. The van der Waals surface area contributed by atoms with Crippen LogP contribution in [0.4, 0.5) is 0 Å². The van der Waals surface area contributed by atoms with Gasteiger partial charge >= 0.3 is 0 Å². The molecule has 0 saturated carbocycles. The van der Waals surface area contributed by atoms with E-state index in [4.69, 9.17) is 0 Å². The van der Waals surface area contributed by atoms with Gasteiger partial charge in [-0.05, 0) is 12.0 Å². The van der Waals surface area contributed by atoms with E-state index in [1.54, 1.807) is 4.90 Å². The number of hydrogen-bond donors (Lipinski definition) is 1. The van der Waals surface area contributed by atoms with Crippen molar-refractivity contribution < 1.29 is 9.59 Å². The predicted octanol–water partition coefficient (Wildman–Crippen LogP) is 1.56. The molecule has 1 N–H and O–H groups in total. The van der Waals surface area contributed by atoms with Gasteiger partial charge in [0, 0.05) is 26.1 Å². The molecule has 0 bridgehead atoms. The molecule has 1 aromatic carbocycles. The van der Waals surface area contributed by atoms with Crippen LogP contribution in [-0.2, 0) is 16.1 Å². The minimum absolute atomic E-state index is 0.00533. The molecule has 0 spiro atoms. The quantitative estimate of drug-likeness (QED) is 0.873. The van der Waals surface area contributed by atoms with Crippen molar-refractivity contribution in [1.82, 2.24) is 10.2 Å². The summed E-state index contributed by atoms with van der Waals surface area (Å²) in [5.74, 6) is -0.117. The van der Waals surface area contributed by atoms with E-state index in [1.165, 1.54) is 0 Å². The van der Waals surface area contributed by atoms with Gasteiger partial charge in [0.2, 0.25) is 11.8 Å². The average Bonchev–Trinajstić information content (AvgIpc) is 2.79. The molecule has 1 aliphatic heterocycles. The molecule has 0 aromatic heterocycles. The molecule has 1 atom stereocenters. The lowest BCUT2D eigenvalue weighted by atomic mass is 10.1. The zero-order valence-electron chi connectivity index (χ0n) is 11.3. The van der Waals surface area contributed by atoms with E-state index in [0.717, 1.165) is 12.0 Å². The van der Waals surface area contributed by atoms with Gasteiger partial charge in [-0.25, -0.2) is 0 Å². The number of nitrogens with one attached hydrogen (secondary N) is 1. The summed E-state index contributed by atoms with van der Waals surface area (Å²) in [6.07, 6.45) is 1.25. The van der Waals surface area contributed by atoms with Crippen molar-refractivity contribution in [3.63, 3.8) is 0 Å². The number of likely N-dealkylation sites (tertiary alicyclic amines) is 1.